The van der Waals surface area contributed by atoms with Crippen molar-refractivity contribution in [3.8, 4) is 0 Å². The lowest BCUT2D eigenvalue weighted by molar-refractivity contribution is -0.133. The van der Waals surface area contributed by atoms with E-state index in [0.29, 0.717) is 13.1 Å². The van der Waals surface area contributed by atoms with Crippen LogP contribution >= 0.6 is 0 Å². The molecule has 32 heavy (non-hydrogen) atoms. The first-order chi connectivity index (χ1) is 15.5. The van der Waals surface area contributed by atoms with Crippen LogP contribution in [0.4, 0.5) is 5.69 Å². The molecule has 2 aromatic carbocycles. The highest BCUT2D eigenvalue weighted by atomic mass is 16.2. The number of carbonyl (C=O) groups is 2. The number of rotatable bonds is 6. The minimum atomic E-state index is -0.245. The van der Waals surface area contributed by atoms with Crippen LogP contribution in [-0.2, 0) is 16.1 Å². The highest BCUT2D eigenvalue weighted by molar-refractivity contribution is 6.00. The Morgan fingerprint density at radius 2 is 1.62 bits per heavy atom. The van der Waals surface area contributed by atoms with Gasteiger partial charge in [0, 0.05) is 25.8 Å². The van der Waals surface area contributed by atoms with Crippen molar-refractivity contribution < 1.29 is 9.59 Å². The molecule has 168 valence electrons. The van der Waals surface area contributed by atoms with E-state index in [0.717, 1.165) is 56.1 Å². The zero-order valence-electron chi connectivity index (χ0n) is 19.0. The Morgan fingerprint density at radius 1 is 0.969 bits per heavy atom. The van der Waals surface area contributed by atoms with Gasteiger partial charge in [0.25, 0.3) is 0 Å². The summed E-state index contributed by atoms with van der Waals surface area (Å²) in [5.74, 6) is 1.16. The predicted molar refractivity (Wildman–Crippen MR) is 126 cm³/mol. The van der Waals surface area contributed by atoms with E-state index in [4.69, 9.17) is 0 Å². The summed E-state index contributed by atoms with van der Waals surface area (Å²) >= 11 is 0. The number of anilines is 1. The van der Waals surface area contributed by atoms with E-state index in [2.05, 4.69) is 29.2 Å². The van der Waals surface area contributed by atoms with Crippen LogP contribution < -0.4 is 4.90 Å². The van der Waals surface area contributed by atoms with Crippen LogP contribution in [0.15, 0.2) is 54.6 Å². The highest BCUT2D eigenvalue weighted by Gasteiger charge is 2.48. The number of benzene rings is 2. The van der Waals surface area contributed by atoms with Gasteiger partial charge in [0.05, 0.1) is 12.0 Å². The third kappa shape index (κ3) is 4.31. The van der Waals surface area contributed by atoms with Crippen molar-refractivity contribution in [2.45, 2.75) is 44.6 Å². The third-order valence-corrected chi connectivity index (χ3v) is 7.63. The molecule has 5 heteroatoms. The fourth-order valence-electron chi connectivity index (χ4n) is 5.27. The number of hydrogen-bond donors (Lipinski definition) is 0. The van der Waals surface area contributed by atoms with E-state index in [9.17, 15) is 9.59 Å². The number of carbonyl (C=O) groups excluding carboxylic acids is 2. The molecule has 0 bridgehead atoms. The van der Waals surface area contributed by atoms with E-state index >= 15 is 0 Å². The molecule has 0 aromatic heterocycles. The van der Waals surface area contributed by atoms with Gasteiger partial charge < -0.3 is 9.80 Å². The lowest BCUT2D eigenvalue weighted by atomic mass is 9.77. The van der Waals surface area contributed by atoms with Gasteiger partial charge in [-0.05, 0) is 74.4 Å². The maximum absolute atomic E-state index is 13.4. The van der Waals surface area contributed by atoms with Gasteiger partial charge in [-0.1, -0.05) is 42.5 Å². The molecule has 1 saturated carbocycles. The van der Waals surface area contributed by atoms with Gasteiger partial charge >= 0.3 is 0 Å². The average molecular weight is 432 g/mol. The summed E-state index contributed by atoms with van der Waals surface area (Å²) in [5.41, 5.74) is 3.34. The maximum Gasteiger partial charge on any atom is 0.236 e. The quantitative estimate of drug-likeness (QED) is 0.693. The molecule has 2 saturated heterocycles. The van der Waals surface area contributed by atoms with Crippen LogP contribution in [0.25, 0.3) is 0 Å². The standard InChI is InChI=1S/C27H33N3O2/c1-28(19-21-5-3-2-4-6-21)25(31)20-29-16-13-27(14-17-29)15-18-30(26(27)32)24-11-9-23(10-12-24)22-7-8-22/h2-6,9-12,22H,7-8,13-20H2,1H3. The van der Waals surface area contributed by atoms with E-state index < -0.39 is 0 Å². The molecule has 5 nitrogen and oxygen atoms in total. The summed E-state index contributed by atoms with van der Waals surface area (Å²) in [4.78, 5) is 32.1. The normalized spacial score (nSPS) is 20.7. The summed E-state index contributed by atoms with van der Waals surface area (Å²) in [7, 11) is 1.87. The Hall–Kier alpha value is -2.66. The van der Waals surface area contributed by atoms with Crippen LogP contribution in [0.3, 0.4) is 0 Å². The molecular formula is C27H33N3O2. The van der Waals surface area contributed by atoms with Gasteiger partial charge in [0.15, 0.2) is 0 Å². The molecule has 0 unspecified atom stereocenters. The van der Waals surface area contributed by atoms with Crippen molar-refractivity contribution in [3.63, 3.8) is 0 Å². The maximum atomic E-state index is 13.4. The molecular weight excluding hydrogens is 398 g/mol. The summed E-state index contributed by atoms with van der Waals surface area (Å²) in [5, 5.41) is 0. The summed E-state index contributed by atoms with van der Waals surface area (Å²) < 4.78 is 0. The van der Waals surface area contributed by atoms with Crippen molar-refractivity contribution in [3.05, 3.63) is 65.7 Å². The van der Waals surface area contributed by atoms with Gasteiger partial charge in [-0.3, -0.25) is 14.5 Å². The summed E-state index contributed by atoms with van der Waals surface area (Å²) in [6, 6.07) is 18.7. The van der Waals surface area contributed by atoms with Gasteiger partial charge in [-0.15, -0.1) is 0 Å². The molecule has 1 aliphatic carbocycles. The number of likely N-dealkylation sites (tertiary alicyclic amines) is 1. The van der Waals surface area contributed by atoms with E-state index in [-0.39, 0.29) is 17.2 Å². The molecule has 0 atom stereocenters. The second-order valence-corrected chi connectivity index (χ2v) is 9.86. The molecule has 5 rings (SSSR count). The van der Waals surface area contributed by atoms with Crippen LogP contribution in [0.5, 0.6) is 0 Å². The van der Waals surface area contributed by atoms with E-state index in [1.54, 1.807) is 4.90 Å². The topological polar surface area (TPSA) is 43.9 Å². The Morgan fingerprint density at radius 3 is 2.28 bits per heavy atom. The van der Waals surface area contributed by atoms with Crippen molar-refractivity contribution in [2.24, 2.45) is 5.41 Å². The molecule has 0 radical (unpaired) electrons. The van der Waals surface area contributed by atoms with Crippen molar-refractivity contribution in [1.29, 1.82) is 0 Å². The fourth-order valence-corrected chi connectivity index (χ4v) is 5.27. The predicted octanol–water partition coefficient (Wildman–Crippen LogP) is 4.04. The minimum absolute atomic E-state index is 0.139. The first kappa shape index (κ1) is 21.2. The summed E-state index contributed by atoms with van der Waals surface area (Å²) in [6.07, 6.45) is 5.21. The van der Waals surface area contributed by atoms with Gasteiger partial charge in [0.2, 0.25) is 11.8 Å². The highest BCUT2D eigenvalue weighted by Crippen LogP contribution is 2.44. The SMILES string of the molecule is CN(Cc1ccccc1)C(=O)CN1CCC2(CC1)CCN(c1ccc(C3CC3)cc1)C2=O. The molecule has 3 fully saturated rings. The monoisotopic (exact) mass is 431 g/mol. The molecule has 2 heterocycles. The molecule has 3 aliphatic rings. The van der Waals surface area contributed by atoms with Crippen molar-refractivity contribution >= 4 is 17.5 Å². The van der Waals surface area contributed by atoms with Crippen LogP contribution in [0.1, 0.15) is 49.1 Å². The minimum Gasteiger partial charge on any atom is -0.340 e. The molecule has 2 aromatic rings. The van der Waals surface area contributed by atoms with Crippen molar-refractivity contribution in [2.75, 3.05) is 38.1 Å². The first-order valence-electron chi connectivity index (χ1n) is 12.0. The summed E-state index contributed by atoms with van der Waals surface area (Å²) in [6.45, 7) is 3.49. The number of nitrogens with zero attached hydrogens (tertiary/aromatic N) is 3. The Kier molecular flexibility index (Phi) is 5.76. The average Bonchev–Trinajstić information content (AvgIpc) is 3.62. The van der Waals surface area contributed by atoms with E-state index in [1.165, 1.54) is 18.4 Å². The third-order valence-electron chi connectivity index (χ3n) is 7.63. The molecule has 1 spiro atoms. The number of piperidine rings is 1. The molecule has 2 aliphatic heterocycles. The fraction of sp³-hybridized carbons (Fsp3) is 0.481. The Bertz CT molecular complexity index is 960. The zero-order chi connectivity index (χ0) is 22.1. The van der Waals surface area contributed by atoms with Crippen LogP contribution in [0, 0.1) is 5.41 Å². The number of likely N-dealkylation sites (N-methyl/N-ethyl adjacent to an activating group) is 1. The number of hydrogen-bond acceptors (Lipinski definition) is 3. The lowest BCUT2D eigenvalue weighted by Crippen LogP contribution is -2.47. The largest absolute Gasteiger partial charge is 0.340 e. The second kappa shape index (κ2) is 8.70. The van der Waals surface area contributed by atoms with Gasteiger partial charge in [0.1, 0.15) is 0 Å². The van der Waals surface area contributed by atoms with Gasteiger partial charge in [-0.2, -0.15) is 0 Å². The van der Waals surface area contributed by atoms with Gasteiger partial charge in [-0.25, -0.2) is 0 Å². The Balaban J connectivity index is 1.14. The number of amides is 2. The van der Waals surface area contributed by atoms with Crippen LogP contribution in [-0.4, -0.2) is 54.8 Å². The van der Waals surface area contributed by atoms with E-state index in [1.807, 2.05) is 42.3 Å². The smallest absolute Gasteiger partial charge is 0.236 e. The Labute approximate surface area is 191 Å². The van der Waals surface area contributed by atoms with Crippen molar-refractivity contribution in [1.82, 2.24) is 9.80 Å². The molecule has 0 N–H and O–H groups in total. The second-order valence-electron chi connectivity index (χ2n) is 9.86. The molecule has 2 amide bonds. The van der Waals surface area contributed by atoms with Crippen LogP contribution in [0.2, 0.25) is 0 Å². The lowest BCUT2D eigenvalue weighted by Gasteiger charge is -2.38. The zero-order valence-corrected chi connectivity index (χ0v) is 19.0. The first-order valence-corrected chi connectivity index (χ1v) is 12.0.